The van der Waals surface area contributed by atoms with E-state index in [-0.39, 0.29) is 18.4 Å². The quantitative estimate of drug-likeness (QED) is 0.649. The minimum absolute atomic E-state index is 0.104. The zero-order valence-corrected chi connectivity index (χ0v) is 9.79. The van der Waals surface area contributed by atoms with Crippen molar-refractivity contribution in [3.63, 3.8) is 0 Å². The third kappa shape index (κ3) is 3.72. The van der Waals surface area contributed by atoms with Gasteiger partial charge in [-0.15, -0.1) is 0 Å². The summed E-state index contributed by atoms with van der Waals surface area (Å²) in [6.45, 7) is 0.834. The second-order valence-electron chi connectivity index (χ2n) is 4.28. The molecule has 1 aliphatic carbocycles. The Labute approximate surface area is 92.0 Å². The van der Waals surface area contributed by atoms with Crippen LogP contribution in [0.25, 0.3) is 0 Å². The summed E-state index contributed by atoms with van der Waals surface area (Å²) in [5, 5.41) is 12.8. The van der Waals surface area contributed by atoms with Gasteiger partial charge in [-0.05, 0) is 12.8 Å². The average molecular weight is 217 g/mol. The van der Waals surface area contributed by atoms with Crippen molar-refractivity contribution in [1.82, 2.24) is 5.32 Å². The van der Waals surface area contributed by atoms with Crippen LogP contribution in [0.3, 0.4) is 0 Å². The highest BCUT2D eigenvalue weighted by atomic mass is 16.7. The number of aliphatic hydroxyl groups excluding tert-OH is 1. The summed E-state index contributed by atoms with van der Waals surface area (Å²) in [6, 6.07) is 0. The smallest absolute Gasteiger partial charge is 0.169 e. The molecule has 2 N–H and O–H groups in total. The number of hydrogen-bond donors (Lipinski definition) is 2. The fourth-order valence-electron chi connectivity index (χ4n) is 2.18. The summed E-state index contributed by atoms with van der Waals surface area (Å²) in [6.07, 6.45) is 5.53. The fraction of sp³-hybridized carbons (Fsp3) is 1.00. The Balaban J connectivity index is 2.38. The van der Waals surface area contributed by atoms with Gasteiger partial charge in [-0.2, -0.15) is 0 Å². The van der Waals surface area contributed by atoms with Gasteiger partial charge < -0.3 is 19.9 Å². The molecule has 0 saturated heterocycles. The zero-order chi connectivity index (χ0) is 11.1. The molecule has 0 atom stereocenters. The monoisotopic (exact) mass is 217 g/mol. The Morgan fingerprint density at radius 2 is 1.80 bits per heavy atom. The SMILES string of the molecule is COC(CNC1(CO)CCCCC1)OC. The molecule has 0 aliphatic heterocycles. The number of methoxy groups -OCH3 is 2. The lowest BCUT2D eigenvalue weighted by Gasteiger charge is -2.37. The summed E-state index contributed by atoms with van der Waals surface area (Å²) in [5.74, 6) is 0. The van der Waals surface area contributed by atoms with Gasteiger partial charge in [-0.25, -0.2) is 0 Å². The van der Waals surface area contributed by atoms with Crippen LogP contribution in [-0.2, 0) is 9.47 Å². The Hall–Kier alpha value is -0.160. The number of hydrogen-bond acceptors (Lipinski definition) is 4. The molecule has 0 aromatic heterocycles. The van der Waals surface area contributed by atoms with Crippen LogP contribution in [0.4, 0.5) is 0 Å². The Morgan fingerprint density at radius 3 is 2.27 bits per heavy atom. The zero-order valence-electron chi connectivity index (χ0n) is 9.79. The predicted octanol–water partition coefficient (Wildman–Crippen LogP) is 0.890. The maximum absolute atomic E-state index is 9.46. The van der Waals surface area contributed by atoms with E-state index in [1.165, 1.54) is 19.3 Å². The molecule has 1 rings (SSSR count). The standard InChI is InChI=1S/C11H23NO3/c1-14-10(15-2)8-12-11(9-13)6-4-3-5-7-11/h10,12-13H,3-9H2,1-2H3. The van der Waals surface area contributed by atoms with Crippen LogP contribution in [0.2, 0.25) is 0 Å². The summed E-state index contributed by atoms with van der Waals surface area (Å²) in [4.78, 5) is 0. The molecule has 1 fully saturated rings. The van der Waals surface area contributed by atoms with Crippen molar-refractivity contribution in [2.45, 2.75) is 43.9 Å². The third-order valence-corrected chi connectivity index (χ3v) is 3.28. The minimum atomic E-state index is -0.227. The molecule has 0 spiro atoms. The molecule has 1 aliphatic rings. The molecular weight excluding hydrogens is 194 g/mol. The Morgan fingerprint density at radius 1 is 1.20 bits per heavy atom. The van der Waals surface area contributed by atoms with E-state index in [9.17, 15) is 5.11 Å². The first kappa shape index (κ1) is 12.9. The first-order chi connectivity index (χ1) is 7.26. The normalized spacial score (nSPS) is 20.8. The van der Waals surface area contributed by atoms with Crippen molar-refractivity contribution in [3.05, 3.63) is 0 Å². The maximum Gasteiger partial charge on any atom is 0.169 e. The molecular formula is C11H23NO3. The van der Waals surface area contributed by atoms with Gasteiger partial charge in [0.25, 0.3) is 0 Å². The lowest BCUT2D eigenvalue weighted by atomic mass is 9.82. The number of rotatable bonds is 6. The second-order valence-corrected chi connectivity index (χ2v) is 4.28. The molecule has 4 heteroatoms. The molecule has 0 heterocycles. The van der Waals surface area contributed by atoms with Gasteiger partial charge in [0.15, 0.2) is 6.29 Å². The van der Waals surface area contributed by atoms with Gasteiger partial charge in [0.1, 0.15) is 0 Å². The van der Waals surface area contributed by atoms with Gasteiger partial charge >= 0.3 is 0 Å². The number of aliphatic hydroxyl groups is 1. The van der Waals surface area contributed by atoms with E-state index in [0.29, 0.717) is 6.54 Å². The van der Waals surface area contributed by atoms with Crippen LogP contribution >= 0.6 is 0 Å². The van der Waals surface area contributed by atoms with Gasteiger partial charge in [0, 0.05) is 26.3 Å². The molecule has 0 aromatic carbocycles. The molecule has 0 aromatic rings. The van der Waals surface area contributed by atoms with Gasteiger partial charge in [-0.1, -0.05) is 19.3 Å². The lowest BCUT2D eigenvalue weighted by Crippen LogP contribution is -2.52. The number of nitrogens with one attached hydrogen (secondary N) is 1. The predicted molar refractivity (Wildman–Crippen MR) is 58.7 cm³/mol. The van der Waals surface area contributed by atoms with E-state index in [0.717, 1.165) is 12.8 Å². The minimum Gasteiger partial charge on any atom is -0.394 e. The molecule has 15 heavy (non-hydrogen) atoms. The van der Waals surface area contributed by atoms with Crippen LogP contribution in [0, 0.1) is 0 Å². The van der Waals surface area contributed by atoms with E-state index in [2.05, 4.69) is 5.32 Å². The molecule has 0 radical (unpaired) electrons. The molecule has 1 saturated carbocycles. The van der Waals surface area contributed by atoms with Crippen molar-refractivity contribution < 1.29 is 14.6 Å². The lowest BCUT2D eigenvalue weighted by molar-refractivity contribution is -0.104. The van der Waals surface area contributed by atoms with E-state index in [1.54, 1.807) is 14.2 Å². The molecule has 0 amide bonds. The van der Waals surface area contributed by atoms with Crippen molar-refractivity contribution >= 4 is 0 Å². The van der Waals surface area contributed by atoms with Gasteiger partial charge in [0.2, 0.25) is 0 Å². The molecule has 4 nitrogen and oxygen atoms in total. The summed E-state index contributed by atoms with van der Waals surface area (Å²) < 4.78 is 10.2. The van der Waals surface area contributed by atoms with Crippen LogP contribution < -0.4 is 5.32 Å². The van der Waals surface area contributed by atoms with Crippen LogP contribution in [0.15, 0.2) is 0 Å². The van der Waals surface area contributed by atoms with Crippen molar-refractivity contribution in [3.8, 4) is 0 Å². The van der Waals surface area contributed by atoms with Crippen molar-refractivity contribution in [2.75, 3.05) is 27.4 Å². The van der Waals surface area contributed by atoms with Crippen molar-refractivity contribution in [1.29, 1.82) is 0 Å². The first-order valence-corrected chi connectivity index (χ1v) is 5.68. The summed E-state index contributed by atoms with van der Waals surface area (Å²) in [7, 11) is 3.25. The third-order valence-electron chi connectivity index (χ3n) is 3.28. The highest BCUT2D eigenvalue weighted by molar-refractivity contribution is 4.90. The van der Waals surface area contributed by atoms with Crippen molar-refractivity contribution in [2.24, 2.45) is 0 Å². The van der Waals surface area contributed by atoms with Crippen LogP contribution in [0.5, 0.6) is 0 Å². The highest BCUT2D eigenvalue weighted by Crippen LogP contribution is 2.27. The van der Waals surface area contributed by atoms with E-state index in [1.807, 2.05) is 0 Å². The van der Waals surface area contributed by atoms with Gasteiger partial charge in [0.05, 0.1) is 6.61 Å². The Kier molecular flexibility index (Phi) is 5.53. The highest BCUT2D eigenvalue weighted by Gasteiger charge is 2.31. The average Bonchev–Trinajstić information content (AvgIpc) is 2.31. The van der Waals surface area contributed by atoms with E-state index >= 15 is 0 Å². The topological polar surface area (TPSA) is 50.7 Å². The fourth-order valence-corrected chi connectivity index (χ4v) is 2.18. The maximum atomic E-state index is 9.46. The largest absolute Gasteiger partial charge is 0.394 e. The molecule has 90 valence electrons. The summed E-state index contributed by atoms with van der Waals surface area (Å²) in [5.41, 5.74) is -0.104. The molecule has 0 bridgehead atoms. The van der Waals surface area contributed by atoms with E-state index < -0.39 is 0 Å². The van der Waals surface area contributed by atoms with E-state index in [4.69, 9.17) is 9.47 Å². The van der Waals surface area contributed by atoms with Crippen LogP contribution in [0.1, 0.15) is 32.1 Å². The first-order valence-electron chi connectivity index (χ1n) is 5.68. The second kappa shape index (κ2) is 6.43. The van der Waals surface area contributed by atoms with Crippen LogP contribution in [-0.4, -0.2) is 44.3 Å². The Bertz CT molecular complexity index is 165. The number of ether oxygens (including phenoxy) is 2. The van der Waals surface area contributed by atoms with Gasteiger partial charge in [-0.3, -0.25) is 0 Å². The summed E-state index contributed by atoms with van der Waals surface area (Å²) >= 11 is 0. The molecule has 0 unspecified atom stereocenters.